The molecule has 204 valence electrons. The molecule has 0 unspecified atom stereocenters. The lowest BCUT2D eigenvalue weighted by Gasteiger charge is -2.28. The number of rotatable bonds is 13. The Morgan fingerprint density at radius 1 is 1.24 bits per heavy atom. The Balaban J connectivity index is 1.57. The zero-order chi connectivity index (χ0) is 26.9. The molecule has 3 rings (SSSR count). The molecule has 0 amide bonds. The maximum Gasteiger partial charge on any atom is 0.306 e. The van der Waals surface area contributed by atoms with Gasteiger partial charge < -0.3 is 14.6 Å². The van der Waals surface area contributed by atoms with Crippen molar-refractivity contribution < 1.29 is 28.2 Å². The Kier molecular flexibility index (Phi) is 11.3. The number of esters is 1. The minimum absolute atomic E-state index is 0.0115. The van der Waals surface area contributed by atoms with Gasteiger partial charge in [0.05, 0.1) is 25.4 Å². The van der Waals surface area contributed by atoms with Gasteiger partial charge in [0.2, 0.25) is 0 Å². The topological polar surface area (TPSA) is 59.0 Å². The van der Waals surface area contributed by atoms with Crippen LogP contribution >= 0.6 is 11.6 Å². The molecule has 2 aromatic carbocycles. The van der Waals surface area contributed by atoms with Crippen LogP contribution in [-0.4, -0.2) is 54.4 Å². The van der Waals surface area contributed by atoms with E-state index in [1.165, 1.54) is 11.6 Å². The largest absolute Gasteiger partial charge is 0.466 e. The summed E-state index contributed by atoms with van der Waals surface area (Å²) < 4.78 is 39.3. The minimum atomic E-state index is -0.749. The molecule has 1 fully saturated rings. The van der Waals surface area contributed by atoms with E-state index in [-0.39, 0.29) is 31.6 Å². The fourth-order valence-electron chi connectivity index (χ4n) is 5.04. The quantitative estimate of drug-likeness (QED) is 0.326. The SMILES string of the molecule is CCOC(=O)CCc1c(F)cc(F)cc1[C@@H](C)OC[C@H](O)CN1CCC[C@H]1Cc1ccc(Cl)c(CC)c1. The van der Waals surface area contributed by atoms with Crippen LogP contribution in [0.5, 0.6) is 0 Å². The van der Waals surface area contributed by atoms with Crippen molar-refractivity contribution in [3.05, 3.63) is 69.2 Å². The van der Waals surface area contributed by atoms with Gasteiger partial charge >= 0.3 is 5.97 Å². The van der Waals surface area contributed by atoms with Crippen molar-refractivity contribution in [1.29, 1.82) is 0 Å². The number of nitrogens with zero attached hydrogens (tertiary/aromatic N) is 1. The van der Waals surface area contributed by atoms with Gasteiger partial charge in [-0.3, -0.25) is 9.69 Å². The van der Waals surface area contributed by atoms with Crippen molar-refractivity contribution in [3.63, 3.8) is 0 Å². The minimum Gasteiger partial charge on any atom is -0.466 e. The summed E-state index contributed by atoms with van der Waals surface area (Å²) in [5, 5.41) is 11.5. The van der Waals surface area contributed by atoms with Crippen LogP contribution in [0.3, 0.4) is 0 Å². The van der Waals surface area contributed by atoms with Crippen LogP contribution < -0.4 is 0 Å². The van der Waals surface area contributed by atoms with Crippen molar-refractivity contribution >= 4 is 17.6 Å². The number of hydrogen-bond acceptors (Lipinski definition) is 5. The maximum absolute atomic E-state index is 14.6. The van der Waals surface area contributed by atoms with Gasteiger partial charge in [-0.15, -0.1) is 0 Å². The lowest BCUT2D eigenvalue weighted by Crippen LogP contribution is -2.39. The number of aliphatic hydroxyl groups excluding tert-OH is 1. The molecule has 8 heteroatoms. The first-order chi connectivity index (χ1) is 17.7. The Hall–Kier alpha value is -2.06. The smallest absolute Gasteiger partial charge is 0.306 e. The summed E-state index contributed by atoms with van der Waals surface area (Å²) >= 11 is 6.27. The third-order valence-corrected chi connectivity index (χ3v) is 7.33. The number of ether oxygens (including phenoxy) is 2. The van der Waals surface area contributed by atoms with Gasteiger partial charge in [0.25, 0.3) is 0 Å². The highest BCUT2D eigenvalue weighted by atomic mass is 35.5. The van der Waals surface area contributed by atoms with E-state index in [1.807, 2.05) is 6.07 Å². The Morgan fingerprint density at radius 2 is 2.03 bits per heavy atom. The number of likely N-dealkylation sites (tertiary alicyclic amines) is 1. The highest BCUT2D eigenvalue weighted by Gasteiger charge is 2.27. The molecule has 5 nitrogen and oxygen atoms in total. The molecule has 1 aliphatic rings. The van der Waals surface area contributed by atoms with Gasteiger partial charge in [-0.2, -0.15) is 0 Å². The summed E-state index contributed by atoms with van der Waals surface area (Å²) in [6.07, 6.45) is 2.55. The molecule has 0 saturated carbocycles. The first-order valence-corrected chi connectivity index (χ1v) is 13.5. The van der Waals surface area contributed by atoms with Gasteiger partial charge in [0.1, 0.15) is 11.6 Å². The van der Waals surface area contributed by atoms with Crippen molar-refractivity contribution in [2.75, 3.05) is 26.3 Å². The molecular weight excluding hydrogens is 500 g/mol. The Labute approximate surface area is 223 Å². The molecule has 0 aliphatic carbocycles. The number of halogens is 3. The average Bonchev–Trinajstić information content (AvgIpc) is 3.29. The third-order valence-electron chi connectivity index (χ3n) is 6.96. The van der Waals surface area contributed by atoms with Gasteiger partial charge in [-0.05, 0) is 86.9 Å². The van der Waals surface area contributed by atoms with Crippen LogP contribution in [0.1, 0.15) is 68.4 Å². The normalized spacial score (nSPS) is 17.6. The summed E-state index contributed by atoms with van der Waals surface area (Å²) in [6.45, 7) is 7.11. The van der Waals surface area contributed by atoms with Gasteiger partial charge in [0, 0.05) is 30.1 Å². The molecule has 37 heavy (non-hydrogen) atoms. The fourth-order valence-corrected chi connectivity index (χ4v) is 5.29. The fraction of sp³-hybridized carbons (Fsp3) is 0.552. The first kappa shape index (κ1) is 29.5. The molecule has 1 aliphatic heterocycles. The molecule has 0 radical (unpaired) electrons. The molecule has 1 N–H and O–H groups in total. The van der Waals surface area contributed by atoms with Crippen molar-refractivity contribution in [3.8, 4) is 0 Å². The van der Waals surface area contributed by atoms with Crippen molar-refractivity contribution in [1.82, 2.24) is 4.90 Å². The maximum atomic E-state index is 14.6. The summed E-state index contributed by atoms with van der Waals surface area (Å²) in [5.74, 6) is -1.87. The molecule has 3 atom stereocenters. The highest BCUT2D eigenvalue weighted by molar-refractivity contribution is 6.31. The lowest BCUT2D eigenvalue weighted by molar-refractivity contribution is -0.143. The number of β-amino-alcohol motifs (C(OH)–C–C–N with tert-alkyl or cyclic N) is 1. The van der Waals surface area contributed by atoms with Gasteiger partial charge in [-0.25, -0.2) is 8.78 Å². The Bertz CT molecular complexity index is 1050. The van der Waals surface area contributed by atoms with Crippen LogP contribution in [0.4, 0.5) is 8.78 Å². The predicted octanol–water partition coefficient (Wildman–Crippen LogP) is 5.82. The first-order valence-electron chi connectivity index (χ1n) is 13.2. The van der Waals surface area contributed by atoms with E-state index in [1.54, 1.807) is 13.8 Å². The molecule has 2 aromatic rings. The second-order valence-corrected chi connectivity index (χ2v) is 10.1. The number of hydrogen-bond donors (Lipinski definition) is 1. The second kappa shape index (κ2) is 14.2. The summed E-state index contributed by atoms with van der Waals surface area (Å²) in [7, 11) is 0. The van der Waals surface area contributed by atoms with Crippen LogP contribution in [-0.2, 0) is 33.5 Å². The molecule has 0 aromatic heterocycles. The highest BCUT2D eigenvalue weighted by Crippen LogP contribution is 2.28. The molecular formula is C29H38ClF2NO4. The zero-order valence-electron chi connectivity index (χ0n) is 21.9. The number of benzene rings is 2. The summed E-state index contributed by atoms with van der Waals surface area (Å²) in [4.78, 5) is 14.0. The number of aliphatic hydroxyl groups is 1. The van der Waals surface area contributed by atoms with E-state index in [0.29, 0.717) is 18.2 Å². The molecule has 1 saturated heterocycles. The standard InChI is InChI=1S/C29H38ClF2NO4/c1-4-21-13-20(8-10-27(21)30)14-23-7-6-12-33(23)17-24(34)18-37-19(3)26-15-22(31)16-28(32)25(26)9-11-29(35)36-5-2/h8,10,13,15-16,19,23-24,34H,4-7,9,11-12,14,17-18H2,1-3H3/t19-,23+,24-/m1/s1. The number of aryl methyl sites for hydroxylation is 1. The number of carbonyl (C=O) groups excluding carboxylic acids is 1. The van der Waals surface area contributed by atoms with E-state index >= 15 is 0 Å². The van der Waals surface area contributed by atoms with E-state index in [2.05, 4.69) is 24.0 Å². The third kappa shape index (κ3) is 8.47. The summed E-state index contributed by atoms with van der Waals surface area (Å²) in [6, 6.07) is 8.55. The van der Waals surface area contributed by atoms with Crippen LogP contribution in [0, 0.1) is 11.6 Å². The molecule has 0 spiro atoms. The predicted molar refractivity (Wildman–Crippen MR) is 141 cm³/mol. The van der Waals surface area contributed by atoms with Crippen LogP contribution in [0.15, 0.2) is 30.3 Å². The Morgan fingerprint density at radius 3 is 2.76 bits per heavy atom. The lowest BCUT2D eigenvalue weighted by atomic mass is 9.98. The van der Waals surface area contributed by atoms with Crippen molar-refractivity contribution in [2.24, 2.45) is 0 Å². The van der Waals surface area contributed by atoms with Crippen molar-refractivity contribution in [2.45, 2.75) is 77.5 Å². The second-order valence-electron chi connectivity index (χ2n) is 9.66. The van der Waals surface area contributed by atoms with Crippen LogP contribution in [0.25, 0.3) is 0 Å². The summed E-state index contributed by atoms with van der Waals surface area (Å²) in [5.41, 5.74) is 2.94. The van der Waals surface area contributed by atoms with Gasteiger partial charge in [0.15, 0.2) is 0 Å². The average molecular weight is 538 g/mol. The monoisotopic (exact) mass is 537 g/mol. The van der Waals surface area contributed by atoms with E-state index < -0.39 is 29.8 Å². The zero-order valence-corrected chi connectivity index (χ0v) is 22.7. The van der Waals surface area contributed by atoms with E-state index in [9.17, 15) is 18.7 Å². The van der Waals surface area contributed by atoms with E-state index in [0.717, 1.165) is 48.9 Å². The number of carbonyl (C=O) groups is 1. The van der Waals surface area contributed by atoms with Gasteiger partial charge in [-0.1, -0.05) is 30.7 Å². The molecule has 1 heterocycles. The van der Waals surface area contributed by atoms with E-state index in [4.69, 9.17) is 21.1 Å². The van der Waals surface area contributed by atoms with Crippen LogP contribution in [0.2, 0.25) is 5.02 Å². The molecule has 0 bridgehead atoms.